The van der Waals surface area contributed by atoms with Crippen LogP contribution in [-0.2, 0) is 14.8 Å². The zero-order chi connectivity index (χ0) is 20.3. The predicted molar refractivity (Wildman–Crippen MR) is 107 cm³/mol. The smallest absolute Gasteiger partial charge is 0.244 e. The molecule has 2 aromatic rings. The number of benzene rings is 1. The maximum atomic E-state index is 13.6. The molecule has 1 saturated carbocycles. The summed E-state index contributed by atoms with van der Waals surface area (Å²) in [4.78, 5) is 12.9. The van der Waals surface area contributed by atoms with Crippen molar-refractivity contribution < 1.29 is 17.7 Å². The highest BCUT2D eigenvalue weighted by Crippen LogP contribution is 2.31. The van der Waals surface area contributed by atoms with Crippen LogP contribution < -0.4 is 5.32 Å². The van der Waals surface area contributed by atoms with Crippen LogP contribution in [0.25, 0.3) is 0 Å². The molecule has 1 aliphatic carbocycles. The van der Waals surface area contributed by atoms with E-state index in [0.29, 0.717) is 16.0 Å². The number of nitrogens with zero attached hydrogens (tertiary/aromatic N) is 2. The van der Waals surface area contributed by atoms with Crippen LogP contribution in [0.2, 0.25) is 0 Å². The number of nitrogens with one attached hydrogen (secondary N) is 1. The largest absolute Gasteiger partial charge is 0.363 e. The Kier molecular flexibility index (Phi) is 6.20. The summed E-state index contributed by atoms with van der Waals surface area (Å²) in [5, 5.41) is 6.26. The summed E-state index contributed by atoms with van der Waals surface area (Å²) in [6.45, 7) is 5.32. The fourth-order valence-corrected chi connectivity index (χ4v) is 6.13. The van der Waals surface area contributed by atoms with Gasteiger partial charge in [-0.25, -0.2) is 8.42 Å². The molecular formula is C20H27N3O4S. The summed E-state index contributed by atoms with van der Waals surface area (Å²) < 4.78 is 33.4. The van der Waals surface area contributed by atoms with E-state index in [1.807, 2.05) is 19.1 Å². The summed E-state index contributed by atoms with van der Waals surface area (Å²) in [6, 6.07) is 5.08. The minimum absolute atomic E-state index is 0.179. The number of amides is 1. The van der Waals surface area contributed by atoms with Crippen LogP contribution in [0.5, 0.6) is 0 Å². The third-order valence-electron chi connectivity index (χ3n) is 5.16. The average Bonchev–Trinajstić information content (AvgIpc) is 3.12. The van der Waals surface area contributed by atoms with Crippen LogP contribution >= 0.6 is 0 Å². The molecule has 1 heterocycles. The van der Waals surface area contributed by atoms with Crippen molar-refractivity contribution in [2.24, 2.45) is 0 Å². The van der Waals surface area contributed by atoms with Crippen molar-refractivity contribution in [2.45, 2.75) is 63.8 Å². The van der Waals surface area contributed by atoms with Crippen molar-refractivity contribution in [3.63, 3.8) is 0 Å². The number of carbonyl (C=O) groups excluding carboxylic acids is 1. The highest BCUT2D eigenvalue weighted by molar-refractivity contribution is 7.89. The van der Waals surface area contributed by atoms with Gasteiger partial charge in [0.25, 0.3) is 0 Å². The maximum Gasteiger partial charge on any atom is 0.244 e. The van der Waals surface area contributed by atoms with Crippen molar-refractivity contribution in [2.75, 3.05) is 11.9 Å². The summed E-state index contributed by atoms with van der Waals surface area (Å²) in [5.74, 6) is -0.154. The molecule has 0 spiro atoms. The molecular weight excluding hydrogens is 378 g/mol. The topological polar surface area (TPSA) is 92.5 Å². The highest BCUT2D eigenvalue weighted by Gasteiger charge is 2.35. The molecule has 7 nitrogen and oxygen atoms in total. The van der Waals surface area contributed by atoms with E-state index in [9.17, 15) is 13.2 Å². The molecule has 1 aromatic carbocycles. The molecule has 1 amide bonds. The molecule has 0 saturated heterocycles. The Morgan fingerprint density at radius 2 is 1.82 bits per heavy atom. The van der Waals surface area contributed by atoms with Gasteiger partial charge in [0.2, 0.25) is 15.9 Å². The van der Waals surface area contributed by atoms with Gasteiger partial charge in [0.1, 0.15) is 6.26 Å². The van der Waals surface area contributed by atoms with Gasteiger partial charge in [-0.15, -0.1) is 0 Å². The second-order valence-corrected chi connectivity index (χ2v) is 9.33. The summed E-state index contributed by atoms with van der Waals surface area (Å²) >= 11 is 0. The van der Waals surface area contributed by atoms with Gasteiger partial charge < -0.3 is 9.84 Å². The number of hydrogen-bond acceptors (Lipinski definition) is 5. The maximum absolute atomic E-state index is 13.6. The van der Waals surface area contributed by atoms with E-state index in [1.54, 1.807) is 13.8 Å². The van der Waals surface area contributed by atoms with Crippen LogP contribution in [0.1, 0.15) is 48.8 Å². The molecule has 0 unspecified atom stereocenters. The Morgan fingerprint density at radius 3 is 2.39 bits per heavy atom. The van der Waals surface area contributed by atoms with E-state index < -0.39 is 15.9 Å². The van der Waals surface area contributed by atoms with E-state index in [4.69, 9.17) is 4.52 Å². The molecule has 0 aliphatic heterocycles. The minimum Gasteiger partial charge on any atom is -0.363 e. The fourth-order valence-electron chi connectivity index (χ4n) is 4.07. The Morgan fingerprint density at radius 1 is 1.18 bits per heavy atom. The molecule has 0 atom stereocenters. The molecule has 152 valence electrons. The number of sulfonamides is 1. The van der Waals surface area contributed by atoms with Gasteiger partial charge in [0, 0.05) is 12.1 Å². The van der Waals surface area contributed by atoms with Gasteiger partial charge in [-0.1, -0.05) is 42.1 Å². The van der Waals surface area contributed by atoms with Crippen molar-refractivity contribution in [3.8, 4) is 0 Å². The third kappa shape index (κ3) is 4.44. The lowest BCUT2D eigenvalue weighted by Crippen LogP contribution is -2.46. The van der Waals surface area contributed by atoms with Gasteiger partial charge in [-0.2, -0.15) is 4.31 Å². The summed E-state index contributed by atoms with van der Waals surface area (Å²) in [6.07, 6.45) is 5.91. The Labute approximate surface area is 166 Å². The highest BCUT2D eigenvalue weighted by atomic mass is 32.2. The third-order valence-corrected chi connectivity index (χ3v) is 7.36. The summed E-state index contributed by atoms with van der Waals surface area (Å²) in [5.41, 5.74) is 2.42. The first-order valence-corrected chi connectivity index (χ1v) is 11.0. The number of aryl methyl sites for hydroxylation is 3. The first-order chi connectivity index (χ1) is 13.3. The van der Waals surface area contributed by atoms with Crippen molar-refractivity contribution in [1.82, 2.24) is 9.46 Å². The number of rotatable bonds is 6. The van der Waals surface area contributed by atoms with Gasteiger partial charge in [0.15, 0.2) is 5.82 Å². The van der Waals surface area contributed by atoms with Crippen molar-refractivity contribution in [1.29, 1.82) is 0 Å². The molecule has 0 radical (unpaired) electrons. The molecule has 1 aromatic heterocycles. The van der Waals surface area contributed by atoms with Crippen LogP contribution in [0, 0.1) is 20.8 Å². The lowest BCUT2D eigenvalue weighted by molar-refractivity contribution is -0.116. The van der Waals surface area contributed by atoms with Crippen LogP contribution in [-0.4, -0.2) is 36.4 Å². The zero-order valence-corrected chi connectivity index (χ0v) is 17.4. The monoisotopic (exact) mass is 405 g/mol. The molecule has 1 N–H and O–H groups in total. The van der Waals surface area contributed by atoms with Crippen LogP contribution in [0.4, 0.5) is 5.82 Å². The van der Waals surface area contributed by atoms with Gasteiger partial charge in [-0.05, 0) is 44.7 Å². The molecule has 0 bridgehead atoms. The quantitative estimate of drug-likeness (QED) is 0.793. The molecule has 3 rings (SSSR count). The van der Waals surface area contributed by atoms with E-state index in [1.165, 1.54) is 16.6 Å². The minimum atomic E-state index is -3.82. The van der Waals surface area contributed by atoms with Gasteiger partial charge in [-0.3, -0.25) is 4.79 Å². The normalized spacial score (nSPS) is 15.7. The standard InChI is InChI=1S/C20H27N3O4S/c1-14-11-15(2)20(16(3)12-14)28(25,26)23(17-7-5-4-6-8-17)13-19(24)21-18-9-10-27-22-18/h9-12,17H,4-8,13H2,1-3H3,(H,21,22,24). The molecule has 1 aliphatic rings. The van der Waals surface area contributed by atoms with Crippen LogP contribution in [0.15, 0.2) is 33.9 Å². The molecule has 8 heteroatoms. The van der Waals surface area contributed by atoms with Gasteiger partial charge in [0.05, 0.1) is 11.4 Å². The average molecular weight is 406 g/mol. The van der Waals surface area contributed by atoms with Crippen LogP contribution in [0.3, 0.4) is 0 Å². The van der Waals surface area contributed by atoms with Crippen molar-refractivity contribution in [3.05, 3.63) is 41.2 Å². The van der Waals surface area contributed by atoms with E-state index in [0.717, 1.165) is 37.7 Å². The second-order valence-electron chi connectivity index (χ2n) is 7.50. The first-order valence-electron chi connectivity index (χ1n) is 9.59. The Balaban J connectivity index is 1.94. The van der Waals surface area contributed by atoms with E-state index in [2.05, 4.69) is 10.5 Å². The number of anilines is 1. The van der Waals surface area contributed by atoms with Gasteiger partial charge >= 0.3 is 0 Å². The Hall–Kier alpha value is -2.19. The fraction of sp³-hybridized carbons (Fsp3) is 0.500. The van der Waals surface area contributed by atoms with E-state index >= 15 is 0 Å². The lowest BCUT2D eigenvalue weighted by atomic mass is 9.95. The lowest BCUT2D eigenvalue weighted by Gasteiger charge is -2.33. The SMILES string of the molecule is Cc1cc(C)c(S(=O)(=O)N(CC(=O)Nc2ccon2)C2CCCCC2)c(C)c1. The Bertz CT molecular complexity index is 909. The summed E-state index contributed by atoms with van der Waals surface area (Å²) in [7, 11) is -3.82. The molecule has 1 fully saturated rings. The number of hydrogen-bond donors (Lipinski definition) is 1. The predicted octanol–water partition coefficient (Wildman–Crippen LogP) is 3.56. The van der Waals surface area contributed by atoms with Crippen molar-refractivity contribution >= 4 is 21.7 Å². The second kappa shape index (κ2) is 8.45. The van der Waals surface area contributed by atoms with E-state index in [-0.39, 0.29) is 18.4 Å². The first kappa shape index (κ1) is 20.5. The zero-order valence-electron chi connectivity index (χ0n) is 16.6. The number of aromatic nitrogens is 1. The number of carbonyl (C=O) groups is 1. The molecule has 28 heavy (non-hydrogen) atoms.